The minimum absolute atomic E-state index is 0.385. The Hall–Kier alpha value is -1.85. The van der Waals surface area contributed by atoms with E-state index in [1.807, 2.05) is 0 Å². The quantitative estimate of drug-likeness (QED) is 0.731. The summed E-state index contributed by atoms with van der Waals surface area (Å²) >= 11 is 0. The number of H-pyrrole nitrogens is 1. The Bertz CT molecular complexity index is 506. The molecule has 0 radical (unpaired) electrons. The molecule has 0 aliphatic heterocycles. The summed E-state index contributed by atoms with van der Waals surface area (Å²) in [6.45, 7) is 4.36. The number of aromatic amines is 1. The fourth-order valence-electron chi connectivity index (χ4n) is 1.87. The van der Waals surface area contributed by atoms with Gasteiger partial charge in [0.25, 0.3) is 0 Å². The summed E-state index contributed by atoms with van der Waals surface area (Å²) in [6, 6.07) is 0.385. The fourth-order valence-corrected chi connectivity index (χ4v) is 1.87. The number of unbranched alkanes of at least 4 members (excludes halogenated alkanes) is 1. The van der Waals surface area contributed by atoms with Crippen molar-refractivity contribution < 1.29 is 0 Å². The molecule has 18 heavy (non-hydrogen) atoms. The highest BCUT2D eigenvalue weighted by atomic mass is 15.2. The van der Waals surface area contributed by atoms with Gasteiger partial charge in [0.05, 0.1) is 6.33 Å². The van der Waals surface area contributed by atoms with Crippen molar-refractivity contribution in [3.05, 3.63) is 6.33 Å². The van der Waals surface area contributed by atoms with Crippen LogP contribution in [0.15, 0.2) is 6.33 Å². The van der Waals surface area contributed by atoms with Gasteiger partial charge in [-0.05, 0) is 13.3 Å². The predicted molar refractivity (Wildman–Crippen MR) is 73.8 cm³/mol. The van der Waals surface area contributed by atoms with Gasteiger partial charge in [-0.3, -0.25) is 0 Å². The first-order valence-corrected chi connectivity index (χ1v) is 6.40. The van der Waals surface area contributed by atoms with Crippen molar-refractivity contribution in [2.24, 2.45) is 0 Å². The largest absolute Gasteiger partial charge is 0.366 e. The zero-order valence-corrected chi connectivity index (χ0v) is 11.1. The number of nitrogens with zero attached hydrogens (tertiary/aromatic N) is 3. The number of aromatic nitrogens is 4. The molecular weight excluding hydrogens is 228 g/mol. The van der Waals surface area contributed by atoms with E-state index in [0.29, 0.717) is 17.6 Å². The lowest BCUT2D eigenvalue weighted by Crippen LogP contribution is -2.16. The van der Waals surface area contributed by atoms with E-state index >= 15 is 0 Å². The molecule has 0 bridgehead atoms. The lowest BCUT2D eigenvalue weighted by molar-refractivity contribution is 0.643. The van der Waals surface area contributed by atoms with Crippen LogP contribution in [0, 0.1) is 0 Å². The summed E-state index contributed by atoms with van der Waals surface area (Å²) in [5.41, 5.74) is 1.54. The second-order valence-corrected chi connectivity index (χ2v) is 4.43. The molecule has 2 aromatic heterocycles. The minimum atomic E-state index is 0.385. The molecule has 98 valence electrons. The van der Waals surface area contributed by atoms with Crippen molar-refractivity contribution in [2.45, 2.75) is 39.2 Å². The van der Waals surface area contributed by atoms with Gasteiger partial charge in [0.1, 0.15) is 5.52 Å². The molecule has 0 spiro atoms. The second-order valence-electron chi connectivity index (χ2n) is 4.43. The number of hydrogen-bond donors (Lipinski definition) is 3. The first-order chi connectivity index (χ1) is 8.74. The van der Waals surface area contributed by atoms with Crippen molar-refractivity contribution in [1.82, 2.24) is 19.9 Å². The van der Waals surface area contributed by atoms with Gasteiger partial charge in [-0.15, -0.1) is 0 Å². The molecule has 1 unspecified atom stereocenters. The normalized spacial score (nSPS) is 12.6. The molecule has 6 nitrogen and oxygen atoms in total. The van der Waals surface area contributed by atoms with E-state index in [4.69, 9.17) is 0 Å². The Balaban J connectivity index is 2.22. The number of rotatable bonds is 6. The molecule has 0 aliphatic rings. The maximum atomic E-state index is 4.44. The molecule has 0 saturated carbocycles. The second kappa shape index (κ2) is 5.66. The van der Waals surface area contributed by atoms with E-state index in [1.54, 1.807) is 13.4 Å². The van der Waals surface area contributed by atoms with Crippen molar-refractivity contribution in [3.63, 3.8) is 0 Å². The van der Waals surface area contributed by atoms with Gasteiger partial charge in [-0.2, -0.15) is 9.97 Å². The van der Waals surface area contributed by atoms with Gasteiger partial charge in [-0.25, -0.2) is 4.98 Å². The summed E-state index contributed by atoms with van der Waals surface area (Å²) in [7, 11) is 1.80. The minimum Gasteiger partial charge on any atom is -0.366 e. The Morgan fingerprint density at radius 2 is 2.22 bits per heavy atom. The molecule has 2 heterocycles. The van der Waals surface area contributed by atoms with Crippen LogP contribution in [-0.2, 0) is 0 Å². The van der Waals surface area contributed by atoms with Crippen LogP contribution in [-0.4, -0.2) is 33.0 Å². The molecule has 3 N–H and O–H groups in total. The monoisotopic (exact) mass is 248 g/mol. The predicted octanol–water partition coefficient (Wildman–Crippen LogP) is 2.39. The summed E-state index contributed by atoms with van der Waals surface area (Å²) in [5.74, 6) is 1.39. The first-order valence-electron chi connectivity index (χ1n) is 6.40. The van der Waals surface area contributed by atoms with Crippen LogP contribution in [0.1, 0.15) is 33.1 Å². The number of anilines is 2. The van der Waals surface area contributed by atoms with E-state index in [0.717, 1.165) is 17.8 Å². The SMILES string of the molecule is CCCCC(C)Nc1nc(NC)nc2nc[nH]c12. The van der Waals surface area contributed by atoms with Crippen molar-refractivity contribution >= 4 is 22.9 Å². The molecule has 0 saturated heterocycles. The molecule has 2 rings (SSSR count). The van der Waals surface area contributed by atoms with Crippen LogP contribution < -0.4 is 10.6 Å². The smallest absolute Gasteiger partial charge is 0.226 e. The highest BCUT2D eigenvalue weighted by Crippen LogP contribution is 2.19. The summed E-state index contributed by atoms with van der Waals surface area (Å²) in [5, 5.41) is 6.37. The molecule has 0 aliphatic carbocycles. The summed E-state index contributed by atoms with van der Waals surface area (Å²) in [4.78, 5) is 16.0. The van der Waals surface area contributed by atoms with Gasteiger partial charge in [-0.1, -0.05) is 19.8 Å². The number of imidazole rings is 1. The lowest BCUT2D eigenvalue weighted by Gasteiger charge is -2.14. The molecular formula is C12H20N6. The molecule has 1 atom stereocenters. The van der Waals surface area contributed by atoms with E-state index in [9.17, 15) is 0 Å². The third kappa shape index (κ3) is 2.69. The topological polar surface area (TPSA) is 78.5 Å². The molecule has 0 amide bonds. The lowest BCUT2D eigenvalue weighted by atomic mass is 10.1. The zero-order chi connectivity index (χ0) is 13.0. The average Bonchev–Trinajstić information content (AvgIpc) is 2.84. The number of fused-ring (bicyclic) bond motifs is 1. The summed E-state index contributed by atoms with van der Waals surface area (Å²) in [6.07, 6.45) is 5.19. The van der Waals surface area contributed by atoms with E-state index in [-0.39, 0.29) is 0 Å². The van der Waals surface area contributed by atoms with Crippen molar-refractivity contribution in [1.29, 1.82) is 0 Å². The standard InChI is InChI=1S/C12H20N6/c1-4-5-6-8(2)16-11-9-10(15-7-14-9)17-12(13-3)18-11/h7-8H,4-6H2,1-3H3,(H3,13,14,15,16,17,18). The highest BCUT2D eigenvalue weighted by molar-refractivity contribution is 5.83. The Labute approximate surface area is 107 Å². The molecule has 0 aromatic carbocycles. The zero-order valence-electron chi connectivity index (χ0n) is 11.1. The Kier molecular flexibility index (Phi) is 3.96. The van der Waals surface area contributed by atoms with Crippen LogP contribution in [0.5, 0.6) is 0 Å². The van der Waals surface area contributed by atoms with Crippen molar-refractivity contribution in [2.75, 3.05) is 17.7 Å². The molecule has 0 fully saturated rings. The van der Waals surface area contributed by atoms with Crippen molar-refractivity contribution in [3.8, 4) is 0 Å². The van der Waals surface area contributed by atoms with Gasteiger partial charge in [0.15, 0.2) is 11.5 Å². The van der Waals surface area contributed by atoms with Crippen LogP contribution in [0.4, 0.5) is 11.8 Å². The average molecular weight is 248 g/mol. The third-order valence-corrected chi connectivity index (χ3v) is 2.88. The Morgan fingerprint density at radius 3 is 2.94 bits per heavy atom. The van der Waals surface area contributed by atoms with Crippen LogP contribution in [0.25, 0.3) is 11.2 Å². The van der Waals surface area contributed by atoms with E-state index in [2.05, 4.69) is 44.4 Å². The van der Waals surface area contributed by atoms with Crippen LogP contribution in [0.2, 0.25) is 0 Å². The van der Waals surface area contributed by atoms with Gasteiger partial charge >= 0.3 is 0 Å². The molecule has 2 aromatic rings. The van der Waals surface area contributed by atoms with E-state index < -0.39 is 0 Å². The number of nitrogens with one attached hydrogen (secondary N) is 3. The molecule has 6 heteroatoms. The maximum absolute atomic E-state index is 4.44. The van der Waals surface area contributed by atoms with Gasteiger partial charge in [0, 0.05) is 13.1 Å². The maximum Gasteiger partial charge on any atom is 0.226 e. The highest BCUT2D eigenvalue weighted by Gasteiger charge is 2.11. The van der Waals surface area contributed by atoms with Gasteiger partial charge in [0.2, 0.25) is 5.95 Å². The summed E-state index contributed by atoms with van der Waals surface area (Å²) < 4.78 is 0. The van der Waals surface area contributed by atoms with E-state index in [1.165, 1.54) is 12.8 Å². The third-order valence-electron chi connectivity index (χ3n) is 2.88. The Morgan fingerprint density at radius 1 is 1.39 bits per heavy atom. The van der Waals surface area contributed by atoms with Crippen LogP contribution >= 0.6 is 0 Å². The number of hydrogen-bond acceptors (Lipinski definition) is 5. The van der Waals surface area contributed by atoms with Gasteiger partial charge < -0.3 is 15.6 Å². The fraction of sp³-hybridized carbons (Fsp3) is 0.583. The first kappa shape index (κ1) is 12.6. The van der Waals surface area contributed by atoms with Crippen LogP contribution in [0.3, 0.4) is 0 Å².